The predicted octanol–water partition coefficient (Wildman–Crippen LogP) is 3.92. The van der Waals surface area contributed by atoms with Gasteiger partial charge in [-0.3, -0.25) is 9.59 Å². The minimum atomic E-state index is -0.696. The lowest BCUT2D eigenvalue weighted by Crippen LogP contribution is -2.27. The number of allylic oxidation sites excluding steroid dienone is 2. The Balaban J connectivity index is 1.73. The summed E-state index contributed by atoms with van der Waals surface area (Å²) in [4.78, 5) is 27.5. The number of rotatable bonds is 7. The Kier molecular flexibility index (Phi) is 7.49. The first-order valence-corrected chi connectivity index (χ1v) is 10.7. The Hall–Kier alpha value is -3.38. The molecule has 0 saturated heterocycles. The molecule has 168 valence electrons. The van der Waals surface area contributed by atoms with E-state index in [9.17, 15) is 19.8 Å². The van der Waals surface area contributed by atoms with Gasteiger partial charge in [0.05, 0.1) is 11.6 Å². The van der Waals surface area contributed by atoms with Crippen LogP contribution < -0.4 is 10.2 Å². The molecule has 1 atom stereocenters. The molecule has 3 N–H and O–H groups in total. The topological polar surface area (TPSA) is 89.9 Å². The molecule has 0 heterocycles. The summed E-state index contributed by atoms with van der Waals surface area (Å²) in [7, 11) is 5.49. The Morgan fingerprint density at radius 2 is 1.84 bits per heavy atom. The fourth-order valence-corrected chi connectivity index (χ4v) is 3.92. The van der Waals surface area contributed by atoms with Crippen LogP contribution in [-0.4, -0.2) is 42.9 Å². The molecule has 0 spiro atoms. The fourth-order valence-electron chi connectivity index (χ4n) is 3.92. The van der Waals surface area contributed by atoms with Crippen molar-refractivity contribution in [3.05, 3.63) is 64.7 Å². The maximum absolute atomic E-state index is 13.0. The summed E-state index contributed by atoms with van der Waals surface area (Å²) < 4.78 is 0. The highest BCUT2D eigenvalue weighted by Crippen LogP contribution is 2.30. The number of aromatic hydroxyl groups is 2. The van der Waals surface area contributed by atoms with Crippen LogP contribution in [0.25, 0.3) is 12.2 Å². The zero-order valence-electron chi connectivity index (χ0n) is 18.8. The first kappa shape index (κ1) is 23.3. The van der Waals surface area contributed by atoms with E-state index >= 15 is 0 Å². The molecule has 0 aliphatic heterocycles. The van der Waals surface area contributed by atoms with Gasteiger partial charge in [-0.25, -0.2) is 0 Å². The summed E-state index contributed by atoms with van der Waals surface area (Å²) in [5.41, 5.74) is 3.52. The maximum atomic E-state index is 13.0. The van der Waals surface area contributed by atoms with E-state index in [2.05, 4.69) is 5.32 Å². The number of benzene rings is 2. The van der Waals surface area contributed by atoms with E-state index in [0.29, 0.717) is 36.2 Å². The van der Waals surface area contributed by atoms with Crippen molar-refractivity contribution in [2.24, 2.45) is 5.92 Å². The Morgan fingerprint density at radius 1 is 1.12 bits per heavy atom. The maximum Gasteiger partial charge on any atom is 0.169 e. The van der Waals surface area contributed by atoms with Gasteiger partial charge in [-0.15, -0.1) is 0 Å². The lowest BCUT2D eigenvalue weighted by atomic mass is 9.81. The molecule has 0 aromatic heterocycles. The number of hydrogen-bond acceptors (Lipinski definition) is 6. The fraction of sp³-hybridized carbons (Fsp3) is 0.308. The van der Waals surface area contributed by atoms with Crippen LogP contribution in [0.5, 0.6) is 11.5 Å². The molecular formula is C26H30N2O4. The van der Waals surface area contributed by atoms with Gasteiger partial charge in [0.2, 0.25) is 0 Å². The van der Waals surface area contributed by atoms with E-state index in [1.54, 1.807) is 35.3 Å². The average molecular weight is 435 g/mol. The van der Waals surface area contributed by atoms with Crippen molar-refractivity contribution in [1.82, 2.24) is 5.32 Å². The van der Waals surface area contributed by atoms with Crippen LogP contribution >= 0.6 is 0 Å². The number of carbonyl (C=O) groups is 2. The third kappa shape index (κ3) is 5.45. The molecule has 6 heteroatoms. The molecule has 1 saturated carbocycles. The molecule has 1 aliphatic rings. The summed E-state index contributed by atoms with van der Waals surface area (Å²) in [6.07, 6.45) is 6.72. The second kappa shape index (κ2) is 10.3. The smallest absolute Gasteiger partial charge is 0.169 e. The zero-order chi connectivity index (χ0) is 23.3. The minimum Gasteiger partial charge on any atom is -0.508 e. The molecule has 1 fully saturated rings. The first-order chi connectivity index (χ1) is 15.3. The van der Waals surface area contributed by atoms with Crippen LogP contribution in [0.2, 0.25) is 0 Å². The van der Waals surface area contributed by atoms with Crippen molar-refractivity contribution in [2.45, 2.75) is 25.8 Å². The lowest BCUT2D eigenvalue weighted by molar-refractivity contribution is -0.129. The number of anilines is 1. The minimum absolute atomic E-state index is 0.132. The summed E-state index contributed by atoms with van der Waals surface area (Å²) in [6.45, 7) is 0.556. The van der Waals surface area contributed by atoms with Crippen LogP contribution in [0.4, 0.5) is 5.69 Å². The van der Waals surface area contributed by atoms with Gasteiger partial charge in [0, 0.05) is 26.2 Å². The van der Waals surface area contributed by atoms with Gasteiger partial charge in [-0.2, -0.15) is 0 Å². The van der Waals surface area contributed by atoms with Crippen LogP contribution in [0, 0.1) is 5.92 Å². The SMILES string of the molecule is CNCc1ccc(/C=C2\CCCC(C(=O)/C=C/c3ccc(N(C)C)c(O)c3)C2=O)cc1O. The largest absolute Gasteiger partial charge is 0.508 e. The summed E-state index contributed by atoms with van der Waals surface area (Å²) >= 11 is 0. The molecular weight excluding hydrogens is 404 g/mol. The second-order valence-corrected chi connectivity index (χ2v) is 8.28. The standard InChI is InChI=1S/C26H30N2O4/c1-27-16-20-10-7-18(15-24(20)30)13-19-5-4-6-21(26(19)32)23(29)12-9-17-8-11-22(28(2)3)25(31)14-17/h7-15,21,27,30-31H,4-6,16H2,1-3H3/b12-9+,19-13+. The number of phenolic OH excluding ortho intramolecular Hbond substituents is 2. The number of nitrogens with one attached hydrogen (secondary N) is 1. The van der Waals surface area contributed by atoms with Crippen molar-refractivity contribution in [3.63, 3.8) is 0 Å². The molecule has 0 bridgehead atoms. The monoisotopic (exact) mass is 434 g/mol. The molecule has 0 radical (unpaired) electrons. The predicted molar refractivity (Wildman–Crippen MR) is 128 cm³/mol. The van der Waals surface area contributed by atoms with Gasteiger partial charge in [0.1, 0.15) is 11.5 Å². The summed E-state index contributed by atoms with van der Waals surface area (Å²) in [5.74, 6) is -0.777. The Morgan fingerprint density at radius 3 is 2.50 bits per heavy atom. The molecule has 32 heavy (non-hydrogen) atoms. The summed E-state index contributed by atoms with van der Waals surface area (Å²) in [5, 5.41) is 23.3. The van der Waals surface area contributed by atoms with Gasteiger partial charge in [-0.1, -0.05) is 24.3 Å². The third-order valence-corrected chi connectivity index (χ3v) is 5.65. The number of hydrogen-bond donors (Lipinski definition) is 3. The zero-order valence-corrected chi connectivity index (χ0v) is 18.8. The molecule has 1 aliphatic carbocycles. The van der Waals surface area contributed by atoms with Crippen LogP contribution in [0.15, 0.2) is 48.0 Å². The third-order valence-electron chi connectivity index (χ3n) is 5.65. The van der Waals surface area contributed by atoms with Gasteiger partial charge in [0.25, 0.3) is 0 Å². The number of ketones is 2. The van der Waals surface area contributed by atoms with Gasteiger partial charge >= 0.3 is 0 Å². The van der Waals surface area contributed by atoms with Crippen molar-refractivity contribution >= 4 is 29.4 Å². The highest BCUT2D eigenvalue weighted by molar-refractivity contribution is 6.16. The second-order valence-electron chi connectivity index (χ2n) is 8.28. The number of nitrogens with zero attached hydrogens (tertiary/aromatic N) is 1. The van der Waals surface area contributed by atoms with Crippen molar-refractivity contribution < 1.29 is 19.8 Å². The van der Waals surface area contributed by atoms with Gasteiger partial charge in [-0.05, 0) is 73.4 Å². The number of phenols is 2. The summed E-state index contributed by atoms with van der Waals surface area (Å²) in [6, 6.07) is 10.5. The van der Waals surface area contributed by atoms with Gasteiger partial charge in [0.15, 0.2) is 11.6 Å². The highest BCUT2D eigenvalue weighted by Gasteiger charge is 2.30. The molecule has 2 aromatic rings. The van der Waals surface area contributed by atoms with E-state index in [0.717, 1.165) is 17.5 Å². The molecule has 6 nitrogen and oxygen atoms in total. The number of carbonyl (C=O) groups excluding carboxylic acids is 2. The molecule has 2 aromatic carbocycles. The van der Waals surface area contributed by atoms with E-state index in [1.165, 1.54) is 6.08 Å². The van der Waals surface area contributed by atoms with Crippen molar-refractivity contribution in [1.29, 1.82) is 0 Å². The normalized spacial score (nSPS) is 17.8. The van der Waals surface area contributed by atoms with Crippen LogP contribution in [-0.2, 0) is 16.1 Å². The number of Topliss-reactive ketones (excluding diaryl/α,β-unsaturated/α-hetero) is 1. The first-order valence-electron chi connectivity index (χ1n) is 10.7. The van der Waals surface area contributed by atoms with Crippen molar-refractivity contribution in [2.75, 3.05) is 26.0 Å². The average Bonchev–Trinajstić information content (AvgIpc) is 2.75. The Labute approximate surface area is 188 Å². The van der Waals surface area contributed by atoms with E-state index in [-0.39, 0.29) is 23.1 Å². The van der Waals surface area contributed by atoms with E-state index in [4.69, 9.17) is 0 Å². The molecule has 0 amide bonds. The van der Waals surface area contributed by atoms with Gasteiger partial charge < -0.3 is 20.4 Å². The molecule has 3 rings (SSSR count). The van der Waals surface area contributed by atoms with E-state index in [1.807, 2.05) is 39.3 Å². The quantitative estimate of drug-likeness (QED) is 0.452. The lowest BCUT2D eigenvalue weighted by Gasteiger charge is -2.21. The molecule has 1 unspecified atom stereocenters. The van der Waals surface area contributed by atoms with E-state index < -0.39 is 5.92 Å². The van der Waals surface area contributed by atoms with Crippen LogP contribution in [0.1, 0.15) is 36.0 Å². The van der Waals surface area contributed by atoms with Crippen LogP contribution in [0.3, 0.4) is 0 Å². The highest BCUT2D eigenvalue weighted by atomic mass is 16.3. The van der Waals surface area contributed by atoms with Crippen molar-refractivity contribution in [3.8, 4) is 11.5 Å². The Bertz CT molecular complexity index is 1070.